The smallest absolute Gasteiger partial charge is 0.280 e. The molecule has 3 rings (SSSR count). The zero-order valence-corrected chi connectivity index (χ0v) is 15.9. The van der Waals surface area contributed by atoms with Crippen LogP contribution in [0.3, 0.4) is 0 Å². The predicted molar refractivity (Wildman–Crippen MR) is 95.1 cm³/mol. The van der Waals surface area contributed by atoms with Crippen LogP contribution in [0.2, 0.25) is 0 Å². The van der Waals surface area contributed by atoms with E-state index in [9.17, 15) is 13.2 Å². The van der Waals surface area contributed by atoms with Crippen LogP contribution in [0.1, 0.15) is 28.6 Å². The van der Waals surface area contributed by atoms with Crippen LogP contribution in [-0.4, -0.2) is 41.5 Å². The van der Waals surface area contributed by atoms with Crippen molar-refractivity contribution < 1.29 is 13.2 Å². The monoisotopic (exact) mass is 383 g/mol. The van der Waals surface area contributed by atoms with Crippen molar-refractivity contribution in [3.8, 4) is 0 Å². The molecule has 1 fully saturated rings. The molecule has 2 aromatic heterocycles. The van der Waals surface area contributed by atoms with Crippen molar-refractivity contribution in [1.82, 2.24) is 24.1 Å². The molecule has 1 saturated heterocycles. The summed E-state index contributed by atoms with van der Waals surface area (Å²) in [5.41, 5.74) is 1.53. The number of aryl methyl sites for hydroxylation is 2. The molecular formula is C15H21N5O3S2. The maximum absolute atomic E-state index is 12.6. The van der Waals surface area contributed by atoms with Crippen molar-refractivity contribution in [3.63, 3.8) is 0 Å². The van der Waals surface area contributed by atoms with Crippen molar-refractivity contribution in [2.45, 2.75) is 32.0 Å². The molecule has 1 amide bonds. The Labute approximate surface area is 151 Å². The Morgan fingerprint density at radius 3 is 2.84 bits per heavy atom. The van der Waals surface area contributed by atoms with Crippen molar-refractivity contribution in [2.75, 3.05) is 7.05 Å². The highest BCUT2D eigenvalue weighted by Gasteiger charge is 2.41. The number of rotatable bonds is 4. The lowest BCUT2D eigenvalue weighted by atomic mass is 10.00. The zero-order valence-electron chi connectivity index (χ0n) is 14.3. The molecule has 3 heterocycles. The number of nitrogens with one attached hydrogen (secondary N) is 2. The maximum Gasteiger partial charge on any atom is 0.280 e. The minimum absolute atomic E-state index is 0.299. The molecular weight excluding hydrogens is 362 g/mol. The lowest BCUT2D eigenvalue weighted by Gasteiger charge is -2.36. The number of aromatic nitrogens is 2. The Balaban J connectivity index is 1.79. The Kier molecular flexibility index (Phi) is 4.96. The van der Waals surface area contributed by atoms with Gasteiger partial charge in [0.15, 0.2) is 0 Å². The van der Waals surface area contributed by atoms with E-state index < -0.39 is 22.3 Å². The Bertz CT molecular complexity index is 860. The Hall–Kier alpha value is -1.75. The summed E-state index contributed by atoms with van der Waals surface area (Å²) in [5, 5.41) is 9.03. The maximum atomic E-state index is 12.6. The van der Waals surface area contributed by atoms with Crippen molar-refractivity contribution in [1.29, 1.82) is 0 Å². The first kappa shape index (κ1) is 18.1. The molecule has 2 atom stereocenters. The number of likely N-dealkylation sites (N-methyl/N-ethyl adjacent to an activating group) is 1. The SMILES string of the molecule is Cc1nn(C)cc1[C@@H]1C[C@@H](C(=O)NCc2cccs2)N(C)S(=O)(=O)N1. The molecule has 10 heteroatoms. The second kappa shape index (κ2) is 6.87. The Morgan fingerprint density at radius 1 is 1.48 bits per heavy atom. The fraction of sp³-hybridized carbons (Fsp3) is 0.467. The zero-order chi connectivity index (χ0) is 18.2. The lowest BCUT2D eigenvalue weighted by molar-refractivity contribution is -0.125. The summed E-state index contributed by atoms with van der Waals surface area (Å²) in [5.74, 6) is -0.299. The predicted octanol–water partition coefficient (Wildman–Crippen LogP) is 0.686. The van der Waals surface area contributed by atoms with Crippen molar-refractivity contribution >= 4 is 27.5 Å². The van der Waals surface area contributed by atoms with Crippen molar-refractivity contribution in [3.05, 3.63) is 39.8 Å². The van der Waals surface area contributed by atoms with Gasteiger partial charge in [0.1, 0.15) is 6.04 Å². The first-order valence-corrected chi connectivity index (χ1v) is 10.2. The second-order valence-electron chi connectivity index (χ2n) is 6.08. The summed E-state index contributed by atoms with van der Waals surface area (Å²) in [6, 6.07) is 2.59. The number of hydrogen-bond acceptors (Lipinski definition) is 5. The molecule has 0 aromatic carbocycles. The van der Waals surface area contributed by atoms with Crippen LogP contribution in [0, 0.1) is 6.92 Å². The molecule has 136 valence electrons. The molecule has 25 heavy (non-hydrogen) atoms. The molecule has 2 aromatic rings. The molecule has 0 bridgehead atoms. The summed E-state index contributed by atoms with van der Waals surface area (Å²) in [4.78, 5) is 13.6. The van der Waals surface area contributed by atoms with E-state index in [0.717, 1.165) is 20.4 Å². The normalized spacial score (nSPS) is 23.5. The fourth-order valence-corrected chi connectivity index (χ4v) is 4.89. The molecule has 1 aliphatic heterocycles. The highest BCUT2D eigenvalue weighted by molar-refractivity contribution is 7.87. The largest absolute Gasteiger partial charge is 0.350 e. The summed E-state index contributed by atoms with van der Waals surface area (Å²) >= 11 is 1.54. The van der Waals surface area contributed by atoms with E-state index in [1.165, 1.54) is 7.05 Å². The van der Waals surface area contributed by atoms with Gasteiger partial charge in [-0.05, 0) is 24.8 Å². The number of carbonyl (C=O) groups excluding carboxylic acids is 1. The van der Waals surface area contributed by atoms with Crippen LogP contribution < -0.4 is 10.0 Å². The molecule has 2 N–H and O–H groups in total. The standard InChI is InChI=1S/C15H21N5O3S2/c1-10-12(9-19(2)17-10)13-7-14(20(3)25(22,23)18-13)15(21)16-8-11-5-4-6-24-11/h4-6,9,13-14,18H,7-8H2,1-3H3,(H,16,21)/t13-,14-/m0/s1. The molecule has 1 aliphatic rings. The summed E-state index contributed by atoms with van der Waals surface area (Å²) in [6.07, 6.45) is 2.13. The van der Waals surface area contributed by atoms with E-state index in [0.29, 0.717) is 13.0 Å². The number of hydrogen-bond donors (Lipinski definition) is 2. The van der Waals surface area contributed by atoms with Gasteiger partial charge in [-0.25, -0.2) is 0 Å². The average Bonchev–Trinajstić information content (AvgIpc) is 3.16. The number of carbonyl (C=O) groups is 1. The van der Waals surface area contributed by atoms with Gasteiger partial charge in [0.2, 0.25) is 5.91 Å². The summed E-state index contributed by atoms with van der Waals surface area (Å²) < 4.78 is 30.3. The molecule has 0 radical (unpaired) electrons. The van der Waals surface area contributed by atoms with E-state index in [1.54, 1.807) is 29.3 Å². The first-order valence-electron chi connectivity index (χ1n) is 7.83. The third kappa shape index (κ3) is 3.76. The Morgan fingerprint density at radius 2 is 2.24 bits per heavy atom. The van der Waals surface area contributed by atoms with Crippen molar-refractivity contribution in [2.24, 2.45) is 7.05 Å². The topological polar surface area (TPSA) is 96.3 Å². The van der Waals surface area contributed by atoms with Gasteiger partial charge in [-0.3, -0.25) is 9.48 Å². The lowest BCUT2D eigenvalue weighted by Crippen LogP contribution is -2.57. The summed E-state index contributed by atoms with van der Waals surface area (Å²) in [6.45, 7) is 2.22. The van der Waals surface area contributed by atoms with Gasteiger partial charge in [-0.1, -0.05) is 6.07 Å². The minimum atomic E-state index is -3.74. The van der Waals surface area contributed by atoms with Gasteiger partial charge in [-0.2, -0.15) is 22.5 Å². The quantitative estimate of drug-likeness (QED) is 0.812. The third-order valence-electron chi connectivity index (χ3n) is 4.31. The highest BCUT2D eigenvalue weighted by atomic mass is 32.2. The van der Waals surface area contributed by atoms with Gasteiger partial charge >= 0.3 is 0 Å². The van der Waals surface area contributed by atoms with Gasteiger partial charge in [0.25, 0.3) is 10.2 Å². The fourth-order valence-electron chi connectivity index (χ4n) is 2.98. The minimum Gasteiger partial charge on any atom is -0.350 e. The van der Waals surface area contributed by atoms with E-state index in [1.807, 2.05) is 24.4 Å². The number of amides is 1. The van der Waals surface area contributed by atoms with Gasteiger partial charge in [0.05, 0.1) is 18.3 Å². The van der Waals surface area contributed by atoms with Crippen LogP contribution in [0.15, 0.2) is 23.7 Å². The third-order valence-corrected chi connectivity index (χ3v) is 6.79. The number of thiophene rings is 1. The van der Waals surface area contributed by atoms with Gasteiger partial charge in [0, 0.05) is 30.7 Å². The van der Waals surface area contributed by atoms with Crippen LogP contribution in [0.25, 0.3) is 0 Å². The molecule has 8 nitrogen and oxygen atoms in total. The van der Waals surface area contributed by atoms with Crippen LogP contribution in [0.5, 0.6) is 0 Å². The second-order valence-corrected chi connectivity index (χ2v) is 8.88. The van der Waals surface area contributed by atoms with E-state index in [4.69, 9.17) is 0 Å². The summed E-state index contributed by atoms with van der Waals surface area (Å²) in [7, 11) is -0.541. The van der Waals surface area contributed by atoms with Gasteiger partial charge < -0.3 is 5.32 Å². The van der Waals surface area contributed by atoms with Crippen LogP contribution >= 0.6 is 11.3 Å². The van der Waals surface area contributed by atoms with Gasteiger partial charge in [-0.15, -0.1) is 11.3 Å². The number of nitrogens with zero attached hydrogens (tertiary/aromatic N) is 3. The van der Waals surface area contributed by atoms with E-state index in [-0.39, 0.29) is 5.91 Å². The van der Waals surface area contributed by atoms with Crippen LogP contribution in [0.4, 0.5) is 0 Å². The first-order chi connectivity index (χ1) is 11.8. The molecule has 0 spiro atoms. The molecule has 0 saturated carbocycles. The highest BCUT2D eigenvalue weighted by Crippen LogP contribution is 2.29. The van der Waals surface area contributed by atoms with E-state index in [2.05, 4.69) is 15.1 Å². The molecule has 0 aliphatic carbocycles. The molecule has 0 unspecified atom stereocenters. The average molecular weight is 383 g/mol. The van der Waals surface area contributed by atoms with E-state index >= 15 is 0 Å². The van der Waals surface area contributed by atoms with Crippen LogP contribution in [-0.2, 0) is 28.6 Å².